The first kappa shape index (κ1) is 67.9. The third-order valence-electron chi connectivity index (χ3n) is 11.9. The molecule has 0 bridgehead atoms. The number of carbonyl (C=O) groups excluding carboxylic acids is 11. The molecule has 0 aromatic rings. The summed E-state index contributed by atoms with van der Waals surface area (Å²) >= 11 is 0. The summed E-state index contributed by atoms with van der Waals surface area (Å²) in [6, 6.07) is -13.9. The zero-order valence-corrected chi connectivity index (χ0v) is 44.2. The van der Waals surface area contributed by atoms with Crippen LogP contribution in [0.25, 0.3) is 0 Å². The van der Waals surface area contributed by atoms with Crippen LogP contribution in [0.15, 0.2) is 0 Å². The molecule has 12 atom stereocenters. The molecule has 30 nitrogen and oxygen atoms in total. The number of hydrogen-bond acceptors (Lipinski definition) is 19. The van der Waals surface area contributed by atoms with E-state index in [0.717, 1.165) is 19.8 Å². The van der Waals surface area contributed by atoms with Gasteiger partial charge in [0.2, 0.25) is 65.0 Å². The molecular formula is C46H86N16O14. The molecule has 76 heavy (non-hydrogen) atoms. The molecule has 0 saturated carbocycles. The van der Waals surface area contributed by atoms with Crippen LogP contribution >= 0.6 is 0 Å². The van der Waals surface area contributed by atoms with Gasteiger partial charge in [-0.05, 0) is 104 Å². The van der Waals surface area contributed by atoms with Crippen molar-refractivity contribution in [3.63, 3.8) is 0 Å². The lowest BCUT2D eigenvalue weighted by Gasteiger charge is -2.28. The maximum atomic E-state index is 14.1. The Bertz CT molecular complexity index is 1930. The molecule has 11 amide bonds. The monoisotopic (exact) mass is 1090 g/mol. The van der Waals surface area contributed by atoms with Gasteiger partial charge >= 0.3 is 0 Å². The van der Waals surface area contributed by atoms with E-state index in [0.29, 0.717) is 12.3 Å². The van der Waals surface area contributed by atoms with E-state index in [9.17, 15) is 68.1 Å². The molecular weight excluding hydrogens is 1000 g/mol. The van der Waals surface area contributed by atoms with Gasteiger partial charge in [-0.25, -0.2) is 0 Å². The highest BCUT2D eigenvalue weighted by Gasteiger charge is 2.37. The smallest absolute Gasteiger partial charge is 0.245 e. The molecule has 0 aromatic heterocycles. The van der Waals surface area contributed by atoms with E-state index in [2.05, 4.69) is 72.3 Å². The molecule has 0 radical (unpaired) electrons. The molecule has 434 valence electrons. The van der Waals surface area contributed by atoms with E-state index < -0.39 is 157 Å². The third kappa shape index (κ3) is 24.7. The first-order chi connectivity index (χ1) is 35.8. The maximum absolute atomic E-state index is 14.1. The predicted octanol–water partition coefficient (Wildman–Crippen LogP) is -8.91. The second-order valence-electron chi connectivity index (χ2n) is 19.0. The number of rotatable bonds is 25. The summed E-state index contributed by atoms with van der Waals surface area (Å²) in [5.41, 5.74) is 28.7. The summed E-state index contributed by atoms with van der Waals surface area (Å²) in [5.74, 6) is -9.99. The number of nitrogens with one attached hydrogen (secondary N) is 11. The van der Waals surface area contributed by atoms with Crippen LogP contribution in [0, 0.1) is 5.92 Å². The van der Waals surface area contributed by atoms with Crippen molar-refractivity contribution >= 4 is 65.0 Å². The second-order valence-corrected chi connectivity index (χ2v) is 19.0. The summed E-state index contributed by atoms with van der Waals surface area (Å²) in [7, 11) is 0. The molecule has 1 heterocycles. The molecule has 0 spiro atoms. The number of carbonyl (C=O) groups is 11. The summed E-state index contributed by atoms with van der Waals surface area (Å²) in [6.45, 7) is 5.54. The van der Waals surface area contributed by atoms with Crippen LogP contribution in [-0.4, -0.2) is 199 Å². The van der Waals surface area contributed by atoms with Crippen molar-refractivity contribution in [2.45, 2.75) is 172 Å². The van der Waals surface area contributed by atoms with Crippen LogP contribution in [0.1, 0.15) is 98.8 Å². The minimum absolute atomic E-state index is 0.0209. The molecule has 1 aliphatic heterocycles. The SMILES string of the molecule is CC(C)CCCCC(=O)N[C@@H](CCN)C(=O)N[C@H](C(=O)N[C@H](CCN)C(=O)N[C@H]1CCNC(=O)[C@H]([C@@H](C)O)NC(=O)[C@H](CCN)NC(=O)[C@H](CCN)NC(=O)[C@H]([C@@H](C)O)NC(=O)CNC(=O)[C@H](CCN)NC1=O)[C@@H](C)O. The van der Waals surface area contributed by atoms with Gasteiger partial charge in [-0.1, -0.05) is 26.7 Å². The van der Waals surface area contributed by atoms with Crippen LogP contribution in [0.2, 0.25) is 0 Å². The molecule has 0 aromatic carbocycles. The van der Waals surface area contributed by atoms with Crippen molar-refractivity contribution in [2.75, 3.05) is 45.8 Å². The first-order valence-corrected chi connectivity index (χ1v) is 25.7. The average Bonchev–Trinajstić information content (AvgIpc) is 3.34. The lowest BCUT2D eigenvalue weighted by atomic mass is 10.0. The largest absolute Gasteiger partial charge is 0.391 e. The van der Waals surface area contributed by atoms with E-state index in [1.807, 2.05) is 0 Å². The fraction of sp³-hybridized carbons (Fsp3) is 0.761. The number of unbranched alkanes of at least 4 members (excludes halogenated alkanes) is 1. The second kappa shape index (κ2) is 36.0. The van der Waals surface area contributed by atoms with Crippen LogP contribution in [0.5, 0.6) is 0 Å². The zero-order valence-electron chi connectivity index (χ0n) is 44.2. The highest BCUT2D eigenvalue weighted by atomic mass is 16.3. The standard InChI is InChI=1S/C46H86N16O14/c1-23(2)8-6-7-9-33(66)54-28(11-17-48)42(72)62-37(26(5)65)46(76)59-30(13-19-50)40(70)57-32-15-21-52-44(74)35(24(3)63)61-43(73)31(14-20-51)56-39(69)29(12-18-49)58-45(75)36(25(4)64)60-34(67)22-53-38(68)27(10-16-47)55-41(32)71/h23-32,35-37,63-65H,6-22,47-51H2,1-5H3,(H,52,74)(H,53,68)(H,54,66)(H,55,71)(H,56,69)(H,57,70)(H,58,75)(H,59,76)(H,60,67)(H,61,73)(H,62,72)/t24-,25-,26-,27+,28+,29+,30-,31+,32+,35+,36+,37+/m1/s1. The minimum atomic E-state index is -1.71. The van der Waals surface area contributed by atoms with Gasteiger partial charge in [-0.15, -0.1) is 0 Å². The Morgan fingerprint density at radius 1 is 0.539 bits per heavy atom. The lowest BCUT2D eigenvalue weighted by Crippen LogP contribution is -2.61. The molecule has 0 unspecified atom stereocenters. The minimum Gasteiger partial charge on any atom is -0.391 e. The van der Waals surface area contributed by atoms with Crippen molar-refractivity contribution in [3.8, 4) is 0 Å². The Kier molecular flexibility index (Phi) is 32.1. The molecule has 1 fully saturated rings. The Morgan fingerprint density at radius 3 is 1.55 bits per heavy atom. The molecule has 30 heteroatoms. The van der Waals surface area contributed by atoms with Crippen LogP contribution in [-0.2, 0) is 52.7 Å². The highest BCUT2D eigenvalue weighted by Crippen LogP contribution is 2.10. The van der Waals surface area contributed by atoms with E-state index in [1.165, 1.54) is 13.8 Å². The van der Waals surface area contributed by atoms with E-state index in [-0.39, 0.29) is 71.2 Å². The highest BCUT2D eigenvalue weighted by molar-refractivity contribution is 5.98. The van der Waals surface area contributed by atoms with Gasteiger partial charge in [0.05, 0.1) is 24.9 Å². The number of aliphatic hydroxyl groups is 3. The van der Waals surface area contributed by atoms with Gasteiger partial charge in [0.1, 0.15) is 54.4 Å². The van der Waals surface area contributed by atoms with Crippen molar-refractivity contribution in [1.29, 1.82) is 0 Å². The molecule has 1 saturated heterocycles. The van der Waals surface area contributed by atoms with Crippen LogP contribution < -0.4 is 87.2 Å². The quantitative estimate of drug-likeness (QED) is 0.0378. The lowest BCUT2D eigenvalue weighted by molar-refractivity contribution is -0.137. The van der Waals surface area contributed by atoms with Gasteiger partial charge in [-0.2, -0.15) is 0 Å². The fourth-order valence-electron chi connectivity index (χ4n) is 7.58. The van der Waals surface area contributed by atoms with Gasteiger partial charge in [-0.3, -0.25) is 52.7 Å². The fourth-order valence-corrected chi connectivity index (χ4v) is 7.58. The Morgan fingerprint density at radius 2 is 1.04 bits per heavy atom. The summed E-state index contributed by atoms with van der Waals surface area (Å²) in [6.07, 6.45) is -3.73. The molecule has 1 aliphatic rings. The zero-order chi connectivity index (χ0) is 57.7. The van der Waals surface area contributed by atoms with Crippen molar-refractivity contribution in [2.24, 2.45) is 34.6 Å². The summed E-state index contributed by atoms with van der Waals surface area (Å²) < 4.78 is 0. The predicted molar refractivity (Wildman–Crippen MR) is 275 cm³/mol. The number of hydrogen-bond donors (Lipinski definition) is 19. The topological polar surface area (TPSA) is 511 Å². The average molecular weight is 1090 g/mol. The summed E-state index contributed by atoms with van der Waals surface area (Å²) in [4.78, 5) is 149. The number of nitrogens with two attached hydrogens (primary N) is 5. The van der Waals surface area contributed by atoms with Gasteiger partial charge in [0, 0.05) is 13.0 Å². The van der Waals surface area contributed by atoms with Crippen molar-refractivity contribution in [1.82, 2.24) is 58.5 Å². The van der Waals surface area contributed by atoms with Crippen LogP contribution in [0.4, 0.5) is 0 Å². The normalized spacial score (nSPS) is 23.3. The third-order valence-corrected chi connectivity index (χ3v) is 11.9. The Labute approximate surface area is 442 Å². The van der Waals surface area contributed by atoms with Crippen molar-refractivity contribution < 1.29 is 68.1 Å². The molecule has 0 aliphatic carbocycles. The van der Waals surface area contributed by atoms with E-state index in [1.54, 1.807) is 0 Å². The molecule has 24 N–H and O–H groups in total. The summed E-state index contributed by atoms with van der Waals surface area (Å²) in [5, 5.41) is 58.2. The molecule has 1 rings (SSSR count). The van der Waals surface area contributed by atoms with Crippen molar-refractivity contribution in [3.05, 3.63) is 0 Å². The van der Waals surface area contributed by atoms with E-state index >= 15 is 0 Å². The van der Waals surface area contributed by atoms with E-state index in [4.69, 9.17) is 28.7 Å². The van der Waals surface area contributed by atoms with Gasteiger partial charge < -0.3 is 102 Å². The first-order valence-electron chi connectivity index (χ1n) is 25.7. The number of aliphatic hydroxyl groups excluding tert-OH is 3. The Hall–Kier alpha value is -6.15. The van der Waals surface area contributed by atoms with Crippen LogP contribution in [0.3, 0.4) is 0 Å². The maximum Gasteiger partial charge on any atom is 0.245 e. The number of amides is 11. The van der Waals surface area contributed by atoms with Gasteiger partial charge in [0.25, 0.3) is 0 Å². The Balaban J connectivity index is 3.64. The van der Waals surface area contributed by atoms with Gasteiger partial charge in [0.15, 0.2) is 0 Å².